The van der Waals surface area contributed by atoms with E-state index >= 15 is 0 Å². The van der Waals surface area contributed by atoms with Crippen LogP contribution in [-0.4, -0.2) is 38.6 Å². The molecule has 1 saturated heterocycles. The lowest BCUT2D eigenvalue weighted by atomic mass is 10.0. The zero-order chi connectivity index (χ0) is 16.4. The van der Waals surface area contributed by atoms with Gasteiger partial charge in [-0.1, -0.05) is 0 Å². The molecule has 1 aromatic carbocycles. The van der Waals surface area contributed by atoms with Crippen molar-refractivity contribution in [2.75, 3.05) is 18.1 Å². The van der Waals surface area contributed by atoms with Gasteiger partial charge in [-0.15, -0.1) is 0 Å². The van der Waals surface area contributed by atoms with E-state index in [1.165, 1.54) is 12.1 Å². The first-order valence-corrected chi connectivity index (χ1v) is 9.45. The number of sulfone groups is 1. The maximum absolute atomic E-state index is 13.5. The summed E-state index contributed by atoms with van der Waals surface area (Å²) in [5.41, 5.74) is 0.608. The van der Waals surface area contributed by atoms with Crippen LogP contribution in [-0.2, 0) is 9.84 Å². The molecule has 23 heavy (non-hydrogen) atoms. The highest BCUT2D eigenvalue weighted by molar-refractivity contribution is 7.91. The minimum Gasteiger partial charge on any atom is -0.493 e. The Labute approximate surface area is 134 Å². The molecule has 2 N–H and O–H groups in total. The SMILES string of the molecule is O=C(N[C@@H]1CCS(=O)(=O)C1)N[C@@H]1CCCOc2ccc(F)cc21. The Morgan fingerprint density at radius 2 is 2.09 bits per heavy atom. The summed E-state index contributed by atoms with van der Waals surface area (Å²) in [5.74, 6) is 0.254. The van der Waals surface area contributed by atoms with Gasteiger partial charge in [-0.2, -0.15) is 0 Å². The number of hydrogen-bond donors (Lipinski definition) is 2. The van der Waals surface area contributed by atoms with Crippen molar-refractivity contribution in [3.63, 3.8) is 0 Å². The molecule has 1 aromatic rings. The van der Waals surface area contributed by atoms with Crippen molar-refractivity contribution in [3.05, 3.63) is 29.6 Å². The molecule has 0 bridgehead atoms. The van der Waals surface area contributed by atoms with Gasteiger partial charge in [-0.3, -0.25) is 0 Å². The van der Waals surface area contributed by atoms with Gasteiger partial charge >= 0.3 is 6.03 Å². The molecule has 0 aromatic heterocycles. The van der Waals surface area contributed by atoms with Crippen LogP contribution in [0.5, 0.6) is 5.75 Å². The topological polar surface area (TPSA) is 84.5 Å². The van der Waals surface area contributed by atoms with Crippen molar-refractivity contribution in [2.24, 2.45) is 0 Å². The largest absolute Gasteiger partial charge is 0.493 e. The van der Waals surface area contributed by atoms with Gasteiger partial charge in [0.25, 0.3) is 0 Å². The molecule has 2 aliphatic heterocycles. The van der Waals surface area contributed by atoms with Crippen LogP contribution in [0.4, 0.5) is 9.18 Å². The van der Waals surface area contributed by atoms with E-state index in [0.717, 1.165) is 6.42 Å². The van der Waals surface area contributed by atoms with Gasteiger partial charge < -0.3 is 15.4 Å². The number of carbonyl (C=O) groups excluding carboxylic acids is 1. The summed E-state index contributed by atoms with van der Waals surface area (Å²) >= 11 is 0. The number of hydrogen-bond acceptors (Lipinski definition) is 4. The van der Waals surface area contributed by atoms with Crippen molar-refractivity contribution in [1.29, 1.82) is 0 Å². The third kappa shape index (κ3) is 3.93. The van der Waals surface area contributed by atoms with Crippen molar-refractivity contribution in [3.8, 4) is 5.75 Å². The van der Waals surface area contributed by atoms with E-state index in [0.29, 0.717) is 30.8 Å². The van der Waals surface area contributed by atoms with E-state index in [-0.39, 0.29) is 29.4 Å². The number of carbonyl (C=O) groups is 1. The fraction of sp³-hybridized carbons (Fsp3) is 0.533. The van der Waals surface area contributed by atoms with E-state index < -0.39 is 15.9 Å². The Hall–Kier alpha value is -1.83. The Morgan fingerprint density at radius 1 is 1.26 bits per heavy atom. The Kier molecular flexibility index (Phi) is 4.43. The Balaban J connectivity index is 1.68. The van der Waals surface area contributed by atoms with Gasteiger partial charge in [0.05, 0.1) is 24.2 Å². The van der Waals surface area contributed by atoms with Crippen molar-refractivity contribution < 1.29 is 22.3 Å². The molecule has 2 aliphatic rings. The van der Waals surface area contributed by atoms with Gasteiger partial charge in [0.2, 0.25) is 0 Å². The lowest BCUT2D eigenvalue weighted by Crippen LogP contribution is -2.44. The highest BCUT2D eigenvalue weighted by Gasteiger charge is 2.30. The summed E-state index contributed by atoms with van der Waals surface area (Å²) in [7, 11) is -3.05. The second kappa shape index (κ2) is 6.35. The molecule has 0 spiro atoms. The van der Waals surface area contributed by atoms with Crippen LogP contribution in [0.1, 0.15) is 30.9 Å². The second-order valence-corrected chi connectivity index (χ2v) is 8.17. The lowest BCUT2D eigenvalue weighted by Gasteiger charge is -2.20. The molecule has 1 fully saturated rings. The fourth-order valence-electron chi connectivity index (χ4n) is 2.99. The van der Waals surface area contributed by atoms with Crippen LogP contribution >= 0.6 is 0 Å². The molecule has 0 saturated carbocycles. The molecule has 2 atom stereocenters. The average molecular weight is 342 g/mol. The van der Waals surface area contributed by atoms with Crippen LogP contribution in [0.3, 0.4) is 0 Å². The normalized spacial score (nSPS) is 25.8. The van der Waals surface area contributed by atoms with E-state index in [9.17, 15) is 17.6 Å². The van der Waals surface area contributed by atoms with Crippen molar-refractivity contribution >= 4 is 15.9 Å². The monoisotopic (exact) mass is 342 g/mol. The predicted octanol–water partition coefficient (Wildman–Crippen LogP) is 1.53. The molecule has 0 unspecified atom stereocenters. The van der Waals surface area contributed by atoms with Crippen molar-refractivity contribution in [2.45, 2.75) is 31.3 Å². The van der Waals surface area contributed by atoms with Gasteiger partial charge in [0.1, 0.15) is 11.6 Å². The van der Waals surface area contributed by atoms with Crippen LogP contribution in [0.15, 0.2) is 18.2 Å². The van der Waals surface area contributed by atoms with Crippen molar-refractivity contribution in [1.82, 2.24) is 10.6 Å². The molecular formula is C15H19FN2O4S. The number of halogens is 1. The molecule has 8 heteroatoms. The van der Waals surface area contributed by atoms with Gasteiger partial charge in [-0.05, 0) is 37.5 Å². The number of urea groups is 1. The third-order valence-corrected chi connectivity index (χ3v) is 5.88. The number of rotatable bonds is 2. The highest BCUT2D eigenvalue weighted by Crippen LogP contribution is 2.32. The number of benzene rings is 1. The third-order valence-electron chi connectivity index (χ3n) is 4.11. The molecule has 126 valence electrons. The molecule has 0 radical (unpaired) electrons. The van der Waals surface area contributed by atoms with Gasteiger partial charge in [-0.25, -0.2) is 17.6 Å². The summed E-state index contributed by atoms with van der Waals surface area (Å²) < 4.78 is 41.9. The summed E-state index contributed by atoms with van der Waals surface area (Å²) in [6.45, 7) is 0.513. The summed E-state index contributed by atoms with van der Waals surface area (Å²) in [6, 6.07) is 3.09. The quantitative estimate of drug-likeness (QED) is 0.854. The van der Waals surface area contributed by atoms with E-state index in [2.05, 4.69) is 10.6 Å². The molecule has 3 rings (SSSR count). The summed E-state index contributed by atoms with van der Waals surface area (Å²) in [4.78, 5) is 12.1. The van der Waals surface area contributed by atoms with Crippen LogP contribution in [0, 0.1) is 5.82 Å². The van der Waals surface area contributed by atoms with Gasteiger partial charge in [0, 0.05) is 11.6 Å². The van der Waals surface area contributed by atoms with Gasteiger partial charge in [0.15, 0.2) is 9.84 Å². The van der Waals surface area contributed by atoms with Crippen LogP contribution in [0.25, 0.3) is 0 Å². The first kappa shape index (κ1) is 16.0. The summed E-state index contributed by atoms with van der Waals surface area (Å²) in [5, 5.41) is 5.49. The molecule has 0 aliphatic carbocycles. The zero-order valence-corrected chi connectivity index (χ0v) is 13.4. The standard InChI is InChI=1S/C15H19FN2O4S/c16-10-3-4-14-12(8-10)13(2-1-6-22-14)18-15(19)17-11-5-7-23(20,21)9-11/h3-4,8,11,13H,1-2,5-7,9H2,(H2,17,18,19)/t11-,13-/m1/s1. The first-order valence-electron chi connectivity index (χ1n) is 7.63. The lowest BCUT2D eigenvalue weighted by molar-refractivity contribution is 0.233. The molecule has 2 amide bonds. The number of amides is 2. The van der Waals surface area contributed by atoms with E-state index in [1.54, 1.807) is 6.07 Å². The average Bonchev–Trinajstić information content (AvgIpc) is 2.70. The molecule has 2 heterocycles. The zero-order valence-electron chi connectivity index (χ0n) is 12.5. The minimum absolute atomic E-state index is 0.0284. The maximum atomic E-state index is 13.5. The predicted molar refractivity (Wildman–Crippen MR) is 82.6 cm³/mol. The van der Waals surface area contributed by atoms with E-state index in [4.69, 9.17) is 4.74 Å². The number of fused-ring (bicyclic) bond motifs is 1. The minimum atomic E-state index is -3.05. The molecule has 6 nitrogen and oxygen atoms in total. The first-order chi connectivity index (χ1) is 10.9. The van der Waals surface area contributed by atoms with E-state index in [1.807, 2.05) is 0 Å². The summed E-state index contributed by atoms with van der Waals surface area (Å²) in [6.07, 6.45) is 1.79. The number of nitrogens with one attached hydrogen (secondary N) is 2. The van der Waals surface area contributed by atoms with Crippen LogP contribution < -0.4 is 15.4 Å². The maximum Gasteiger partial charge on any atom is 0.315 e. The molecular weight excluding hydrogens is 323 g/mol. The Bertz CT molecular complexity index is 707. The highest BCUT2D eigenvalue weighted by atomic mass is 32.2. The Morgan fingerprint density at radius 3 is 2.83 bits per heavy atom. The number of ether oxygens (including phenoxy) is 1. The van der Waals surface area contributed by atoms with Crippen LogP contribution in [0.2, 0.25) is 0 Å². The second-order valence-electron chi connectivity index (χ2n) is 5.94. The fourth-order valence-corrected chi connectivity index (χ4v) is 4.67. The smallest absolute Gasteiger partial charge is 0.315 e.